The maximum atomic E-state index is 11.9. The maximum absolute atomic E-state index is 11.9. The zero-order chi connectivity index (χ0) is 16.8. The molecule has 0 saturated carbocycles. The van der Waals surface area contributed by atoms with Crippen LogP contribution < -0.4 is 10.6 Å². The fourth-order valence-electron chi connectivity index (χ4n) is 2.09. The van der Waals surface area contributed by atoms with Crippen molar-refractivity contribution in [1.82, 2.24) is 30.8 Å². The molecular formula is C16H15ClN6O. The van der Waals surface area contributed by atoms with E-state index in [0.717, 1.165) is 11.3 Å². The third-order valence-electron chi connectivity index (χ3n) is 3.31. The molecule has 0 aliphatic heterocycles. The molecule has 0 aliphatic carbocycles. The van der Waals surface area contributed by atoms with Gasteiger partial charge in [0, 0.05) is 11.6 Å². The molecule has 0 aliphatic rings. The highest BCUT2D eigenvalue weighted by molar-refractivity contribution is 6.30. The smallest absolute Gasteiger partial charge is 0.315 e. The predicted molar refractivity (Wildman–Crippen MR) is 89.7 cm³/mol. The van der Waals surface area contributed by atoms with Gasteiger partial charge in [0.2, 0.25) is 0 Å². The molecule has 122 valence electrons. The molecule has 0 fully saturated rings. The monoisotopic (exact) mass is 342 g/mol. The average molecular weight is 343 g/mol. The van der Waals surface area contributed by atoms with Crippen LogP contribution in [0.3, 0.4) is 0 Å². The van der Waals surface area contributed by atoms with Crippen LogP contribution in [0.5, 0.6) is 0 Å². The van der Waals surface area contributed by atoms with Gasteiger partial charge in [0.05, 0.1) is 12.2 Å². The van der Waals surface area contributed by atoms with Crippen molar-refractivity contribution in [3.05, 3.63) is 71.0 Å². The second-order valence-electron chi connectivity index (χ2n) is 5.01. The van der Waals surface area contributed by atoms with Gasteiger partial charge in [0.15, 0.2) is 5.82 Å². The van der Waals surface area contributed by atoms with E-state index in [0.29, 0.717) is 17.4 Å². The normalized spacial score (nSPS) is 10.4. The highest BCUT2D eigenvalue weighted by Crippen LogP contribution is 2.09. The van der Waals surface area contributed by atoms with Crippen molar-refractivity contribution in [3.8, 4) is 5.69 Å². The van der Waals surface area contributed by atoms with Crippen LogP contribution in [-0.4, -0.2) is 26.2 Å². The minimum absolute atomic E-state index is 0.217. The summed E-state index contributed by atoms with van der Waals surface area (Å²) in [5.41, 5.74) is 1.80. The third-order valence-corrected chi connectivity index (χ3v) is 3.56. The number of aromatic nitrogens is 4. The SMILES string of the molecule is O=C(NCc1ccc(Cl)cc1)NCc1nnnn1-c1ccccc1. The van der Waals surface area contributed by atoms with E-state index in [1.165, 1.54) is 0 Å². The Morgan fingerprint density at radius 3 is 2.46 bits per heavy atom. The standard InChI is InChI=1S/C16H15ClN6O/c17-13-8-6-12(7-9-13)10-18-16(24)19-11-15-20-21-22-23(15)14-4-2-1-3-5-14/h1-9H,10-11H2,(H2,18,19,24). The largest absolute Gasteiger partial charge is 0.334 e. The zero-order valence-corrected chi connectivity index (χ0v) is 13.4. The first-order valence-electron chi connectivity index (χ1n) is 7.31. The van der Waals surface area contributed by atoms with Crippen LogP contribution in [0, 0.1) is 0 Å². The number of rotatable bonds is 5. The molecule has 1 heterocycles. The molecule has 0 bridgehead atoms. The fraction of sp³-hybridized carbons (Fsp3) is 0.125. The van der Waals surface area contributed by atoms with E-state index in [9.17, 15) is 4.79 Å². The first-order chi connectivity index (χ1) is 11.7. The van der Waals surface area contributed by atoms with Gasteiger partial charge in [0.25, 0.3) is 0 Å². The molecule has 0 atom stereocenters. The molecule has 3 aromatic rings. The van der Waals surface area contributed by atoms with E-state index < -0.39 is 0 Å². The number of carbonyl (C=O) groups is 1. The lowest BCUT2D eigenvalue weighted by molar-refractivity contribution is 0.240. The Morgan fingerprint density at radius 2 is 1.71 bits per heavy atom. The van der Waals surface area contributed by atoms with E-state index in [2.05, 4.69) is 26.2 Å². The lowest BCUT2D eigenvalue weighted by Gasteiger charge is -2.08. The quantitative estimate of drug-likeness (QED) is 0.745. The molecular weight excluding hydrogens is 328 g/mol. The number of hydrogen-bond acceptors (Lipinski definition) is 4. The van der Waals surface area contributed by atoms with Crippen LogP contribution in [0.1, 0.15) is 11.4 Å². The van der Waals surface area contributed by atoms with Crippen molar-refractivity contribution in [2.45, 2.75) is 13.1 Å². The van der Waals surface area contributed by atoms with Crippen molar-refractivity contribution in [2.75, 3.05) is 0 Å². The van der Waals surface area contributed by atoms with Crippen LogP contribution in [0.15, 0.2) is 54.6 Å². The molecule has 8 heteroatoms. The van der Waals surface area contributed by atoms with Crippen LogP contribution in [0.2, 0.25) is 5.02 Å². The Morgan fingerprint density at radius 1 is 1.00 bits per heavy atom. The molecule has 24 heavy (non-hydrogen) atoms. The number of urea groups is 1. The highest BCUT2D eigenvalue weighted by atomic mass is 35.5. The summed E-state index contributed by atoms with van der Waals surface area (Å²) in [6.07, 6.45) is 0. The molecule has 0 spiro atoms. The number of carbonyl (C=O) groups excluding carboxylic acids is 1. The van der Waals surface area contributed by atoms with E-state index in [-0.39, 0.29) is 12.6 Å². The fourth-order valence-corrected chi connectivity index (χ4v) is 2.22. The molecule has 7 nitrogen and oxygen atoms in total. The molecule has 0 radical (unpaired) electrons. The summed E-state index contributed by atoms with van der Waals surface area (Å²) < 4.78 is 1.58. The van der Waals surface area contributed by atoms with Gasteiger partial charge in [-0.15, -0.1) is 5.10 Å². The molecule has 2 amide bonds. The Labute approximate surface area is 143 Å². The van der Waals surface area contributed by atoms with Crippen LogP contribution in [-0.2, 0) is 13.1 Å². The third kappa shape index (κ3) is 4.08. The number of benzene rings is 2. The summed E-state index contributed by atoms with van der Waals surface area (Å²) in [6.45, 7) is 0.626. The van der Waals surface area contributed by atoms with Crippen LogP contribution in [0.25, 0.3) is 5.69 Å². The molecule has 3 rings (SSSR count). The van der Waals surface area contributed by atoms with Crippen molar-refractivity contribution in [2.24, 2.45) is 0 Å². The number of nitrogens with zero attached hydrogens (tertiary/aromatic N) is 4. The van der Waals surface area contributed by atoms with E-state index in [1.807, 2.05) is 42.5 Å². The van der Waals surface area contributed by atoms with Gasteiger partial charge in [-0.1, -0.05) is 41.9 Å². The first kappa shape index (κ1) is 15.9. The Kier molecular flexibility index (Phi) is 5.02. The Bertz CT molecular complexity index is 803. The second-order valence-corrected chi connectivity index (χ2v) is 5.44. The summed E-state index contributed by atoms with van der Waals surface area (Å²) >= 11 is 5.83. The van der Waals surface area contributed by atoms with Gasteiger partial charge < -0.3 is 10.6 Å². The molecule has 0 saturated heterocycles. The summed E-state index contributed by atoms with van der Waals surface area (Å²) in [4.78, 5) is 11.9. The first-order valence-corrected chi connectivity index (χ1v) is 7.69. The number of tetrazole rings is 1. The highest BCUT2D eigenvalue weighted by Gasteiger charge is 2.09. The molecule has 2 N–H and O–H groups in total. The van der Waals surface area contributed by atoms with Crippen molar-refractivity contribution >= 4 is 17.6 Å². The number of halogens is 1. The minimum Gasteiger partial charge on any atom is -0.334 e. The summed E-state index contributed by atoms with van der Waals surface area (Å²) in [7, 11) is 0. The number of nitrogens with one attached hydrogen (secondary N) is 2. The van der Waals surface area contributed by atoms with E-state index in [4.69, 9.17) is 11.6 Å². The maximum Gasteiger partial charge on any atom is 0.315 e. The Hall–Kier alpha value is -2.93. The number of amides is 2. The zero-order valence-electron chi connectivity index (χ0n) is 12.7. The van der Waals surface area contributed by atoms with Gasteiger partial charge in [-0.2, -0.15) is 4.68 Å². The second kappa shape index (κ2) is 7.56. The summed E-state index contributed by atoms with van der Waals surface area (Å²) in [6, 6.07) is 16.5. The Balaban J connectivity index is 1.54. The topological polar surface area (TPSA) is 84.7 Å². The average Bonchev–Trinajstić information content (AvgIpc) is 3.09. The lowest BCUT2D eigenvalue weighted by Crippen LogP contribution is -2.35. The van der Waals surface area contributed by atoms with Crippen LogP contribution in [0.4, 0.5) is 4.79 Å². The predicted octanol–water partition coefficient (Wildman–Crippen LogP) is 2.32. The number of hydrogen-bond donors (Lipinski definition) is 2. The van der Waals surface area contributed by atoms with Gasteiger partial charge in [-0.3, -0.25) is 0 Å². The lowest BCUT2D eigenvalue weighted by atomic mass is 10.2. The van der Waals surface area contributed by atoms with Crippen molar-refractivity contribution in [3.63, 3.8) is 0 Å². The molecule has 2 aromatic carbocycles. The van der Waals surface area contributed by atoms with E-state index in [1.54, 1.807) is 16.8 Å². The van der Waals surface area contributed by atoms with Gasteiger partial charge in [0.1, 0.15) is 0 Å². The van der Waals surface area contributed by atoms with Crippen molar-refractivity contribution < 1.29 is 4.79 Å². The van der Waals surface area contributed by atoms with Gasteiger partial charge in [-0.05, 0) is 40.3 Å². The molecule has 0 unspecified atom stereocenters. The summed E-state index contributed by atoms with van der Waals surface area (Å²) in [5, 5.41) is 17.7. The number of para-hydroxylation sites is 1. The van der Waals surface area contributed by atoms with Crippen LogP contribution >= 0.6 is 11.6 Å². The van der Waals surface area contributed by atoms with E-state index >= 15 is 0 Å². The van der Waals surface area contributed by atoms with Crippen molar-refractivity contribution in [1.29, 1.82) is 0 Å². The van der Waals surface area contributed by atoms with Gasteiger partial charge in [-0.25, -0.2) is 4.79 Å². The van der Waals surface area contributed by atoms with Gasteiger partial charge >= 0.3 is 6.03 Å². The summed E-state index contributed by atoms with van der Waals surface area (Å²) in [5.74, 6) is 0.544. The minimum atomic E-state index is -0.299. The molecule has 1 aromatic heterocycles.